The Bertz CT molecular complexity index is 703. The van der Waals surface area contributed by atoms with Crippen LogP contribution in [0, 0.1) is 5.92 Å². The van der Waals surface area contributed by atoms with E-state index in [4.69, 9.17) is 0 Å². The van der Waals surface area contributed by atoms with Crippen LogP contribution in [0.15, 0.2) is 36.7 Å². The van der Waals surface area contributed by atoms with Crippen LogP contribution in [-0.4, -0.2) is 38.7 Å². The summed E-state index contributed by atoms with van der Waals surface area (Å²) in [6.07, 6.45) is 4.80. The third-order valence-electron chi connectivity index (χ3n) is 5.49. The molecule has 5 nitrogen and oxygen atoms in total. The first-order valence-corrected chi connectivity index (χ1v) is 8.99. The highest BCUT2D eigenvalue weighted by atomic mass is 16.2. The van der Waals surface area contributed by atoms with Crippen molar-refractivity contribution in [3.63, 3.8) is 0 Å². The van der Waals surface area contributed by atoms with Crippen molar-refractivity contribution in [3.05, 3.63) is 48.0 Å². The van der Waals surface area contributed by atoms with Gasteiger partial charge in [-0.15, -0.1) is 10.2 Å². The van der Waals surface area contributed by atoms with Gasteiger partial charge in [0.2, 0.25) is 5.91 Å². The first-order valence-electron chi connectivity index (χ1n) is 8.99. The molecule has 2 aromatic rings. The maximum absolute atomic E-state index is 12.8. The second-order valence-electron chi connectivity index (χ2n) is 6.93. The lowest BCUT2D eigenvalue weighted by Crippen LogP contribution is -2.39. The SMILES string of the molecule is CCn1cnnc1C1CCN(C(=O)[C@@H]2C[C@H]2c2ccccc2)CC1. The molecule has 1 aliphatic heterocycles. The number of amides is 1. The Labute approximate surface area is 142 Å². The number of likely N-dealkylation sites (tertiary alicyclic amines) is 1. The second kappa shape index (κ2) is 6.38. The Balaban J connectivity index is 1.34. The summed E-state index contributed by atoms with van der Waals surface area (Å²) in [5.74, 6) is 2.49. The molecule has 1 saturated heterocycles. The van der Waals surface area contributed by atoms with Gasteiger partial charge in [0, 0.05) is 31.5 Å². The fourth-order valence-electron chi connectivity index (χ4n) is 3.95. The molecule has 1 saturated carbocycles. The molecule has 5 heteroatoms. The monoisotopic (exact) mass is 324 g/mol. The van der Waals surface area contributed by atoms with Crippen molar-refractivity contribution in [2.75, 3.05) is 13.1 Å². The summed E-state index contributed by atoms with van der Waals surface area (Å²) < 4.78 is 2.12. The normalized spacial score (nSPS) is 24.1. The number of nitrogens with zero attached hydrogens (tertiary/aromatic N) is 4. The molecular formula is C19H24N4O. The Morgan fingerprint density at radius 2 is 1.96 bits per heavy atom. The molecule has 2 atom stereocenters. The van der Waals surface area contributed by atoms with Gasteiger partial charge in [0.1, 0.15) is 12.2 Å². The van der Waals surface area contributed by atoms with Crippen molar-refractivity contribution >= 4 is 5.91 Å². The van der Waals surface area contributed by atoms with E-state index < -0.39 is 0 Å². The minimum absolute atomic E-state index is 0.197. The lowest BCUT2D eigenvalue weighted by molar-refractivity contribution is -0.133. The molecule has 126 valence electrons. The van der Waals surface area contributed by atoms with E-state index in [-0.39, 0.29) is 5.92 Å². The van der Waals surface area contributed by atoms with Crippen LogP contribution in [0.4, 0.5) is 0 Å². The van der Waals surface area contributed by atoms with E-state index >= 15 is 0 Å². The first kappa shape index (κ1) is 15.4. The second-order valence-corrected chi connectivity index (χ2v) is 6.93. The number of benzene rings is 1. The summed E-state index contributed by atoms with van der Waals surface area (Å²) in [5, 5.41) is 8.33. The molecular weight excluding hydrogens is 300 g/mol. The standard InChI is InChI=1S/C19H24N4O/c1-2-22-13-20-21-18(22)15-8-10-23(11-9-15)19(24)17-12-16(17)14-6-4-3-5-7-14/h3-7,13,15-17H,2,8-12H2,1H3/t16-,17+/m0/s1. The average molecular weight is 324 g/mol. The third-order valence-corrected chi connectivity index (χ3v) is 5.49. The average Bonchev–Trinajstić information content (AvgIpc) is 3.31. The van der Waals surface area contributed by atoms with Crippen molar-refractivity contribution < 1.29 is 4.79 Å². The molecule has 0 radical (unpaired) electrons. The van der Waals surface area contributed by atoms with Gasteiger partial charge >= 0.3 is 0 Å². The molecule has 1 aliphatic carbocycles. The van der Waals surface area contributed by atoms with E-state index in [1.165, 1.54) is 5.56 Å². The lowest BCUT2D eigenvalue weighted by atomic mass is 9.95. The molecule has 0 unspecified atom stereocenters. The van der Waals surface area contributed by atoms with Crippen molar-refractivity contribution in [1.82, 2.24) is 19.7 Å². The van der Waals surface area contributed by atoms with E-state index in [1.807, 2.05) is 12.4 Å². The number of carbonyl (C=O) groups excluding carboxylic acids is 1. The largest absolute Gasteiger partial charge is 0.342 e. The molecule has 1 aromatic heterocycles. The first-order chi connectivity index (χ1) is 11.8. The quantitative estimate of drug-likeness (QED) is 0.869. The summed E-state index contributed by atoms with van der Waals surface area (Å²) in [7, 11) is 0. The van der Waals surface area contributed by atoms with Gasteiger partial charge in [-0.05, 0) is 37.7 Å². The van der Waals surface area contributed by atoms with E-state index in [0.717, 1.165) is 44.7 Å². The maximum Gasteiger partial charge on any atom is 0.226 e. The highest BCUT2D eigenvalue weighted by molar-refractivity contribution is 5.83. The van der Waals surface area contributed by atoms with Crippen LogP contribution in [0.5, 0.6) is 0 Å². The predicted molar refractivity (Wildman–Crippen MR) is 91.5 cm³/mol. The highest BCUT2D eigenvalue weighted by Crippen LogP contribution is 2.48. The fourth-order valence-corrected chi connectivity index (χ4v) is 3.95. The molecule has 0 spiro atoms. The number of hydrogen-bond acceptors (Lipinski definition) is 3. The van der Waals surface area contributed by atoms with Crippen LogP contribution in [-0.2, 0) is 11.3 Å². The highest BCUT2D eigenvalue weighted by Gasteiger charge is 2.46. The zero-order valence-electron chi connectivity index (χ0n) is 14.1. The topological polar surface area (TPSA) is 51.0 Å². The number of aryl methyl sites for hydroxylation is 1. The fraction of sp³-hybridized carbons (Fsp3) is 0.526. The Hall–Kier alpha value is -2.17. The van der Waals surface area contributed by atoms with Gasteiger partial charge in [-0.2, -0.15) is 0 Å². The van der Waals surface area contributed by atoms with Crippen LogP contribution in [0.25, 0.3) is 0 Å². The number of piperidine rings is 1. The minimum Gasteiger partial charge on any atom is -0.342 e. The Morgan fingerprint density at radius 3 is 2.67 bits per heavy atom. The smallest absolute Gasteiger partial charge is 0.226 e. The Morgan fingerprint density at radius 1 is 1.21 bits per heavy atom. The van der Waals surface area contributed by atoms with Gasteiger partial charge in [-0.25, -0.2) is 0 Å². The van der Waals surface area contributed by atoms with E-state index in [0.29, 0.717) is 17.7 Å². The number of aromatic nitrogens is 3. The molecule has 2 heterocycles. The van der Waals surface area contributed by atoms with Crippen molar-refractivity contribution in [2.45, 2.75) is 44.6 Å². The van der Waals surface area contributed by atoms with Crippen LogP contribution in [0.2, 0.25) is 0 Å². The lowest BCUT2D eigenvalue weighted by Gasteiger charge is -2.32. The maximum atomic E-state index is 12.8. The van der Waals surface area contributed by atoms with E-state index in [1.54, 1.807) is 0 Å². The summed E-state index contributed by atoms with van der Waals surface area (Å²) in [4.78, 5) is 14.8. The van der Waals surface area contributed by atoms with Crippen LogP contribution in [0.1, 0.15) is 49.4 Å². The number of carbonyl (C=O) groups is 1. The molecule has 24 heavy (non-hydrogen) atoms. The van der Waals surface area contributed by atoms with Crippen LogP contribution in [0.3, 0.4) is 0 Å². The van der Waals surface area contributed by atoms with Crippen LogP contribution >= 0.6 is 0 Å². The number of hydrogen-bond donors (Lipinski definition) is 0. The molecule has 1 amide bonds. The van der Waals surface area contributed by atoms with Crippen molar-refractivity contribution in [3.8, 4) is 0 Å². The van der Waals surface area contributed by atoms with Crippen molar-refractivity contribution in [1.29, 1.82) is 0 Å². The van der Waals surface area contributed by atoms with Gasteiger partial charge in [-0.3, -0.25) is 4.79 Å². The van der Waals surface area contributed by atoms with Gasteiger partial charge in [-0.1, -0.05) is 30.3 Å². The summed E-state index contributed by atoms with van der Waals surface area (Å²) in [5.41, 5.74) is 1.31. The molecule has 4 rings (SSSR count). The van der Waals surface area contributed by atoms with E-state index in [9.17, 15) is 4.79 Å². The zero-order chi connectivity index (χ0) is 16.5. The molecule has 0 bridgehead atoms. The van der Waals surface area contributed by atoms with Crippen LogP contribution < -0.4 is 0 Å². The van der Waals surface area contributed by atoms with Gasteiger partial charge in [0.25, 0.3) is 0 Å². The summed E-state index contributed by atoms with van der Waals surface area (Å²) in [6.45, 7) is 4.71. The van der Waals surface area contributed by atoms with Gasteiger partial charge in [0.15, 0.2) is 0 Å². The zero-order valence-corrected chi connectivity index (χ0v) is 14.1. The minimum atomic E-state index is 0.197. The molecule has 2 aliphatic rings. The third kappa shape index (κ3) is 2.83. The number of rotatable bonds is 4. The van der Waals surface area contributed by atoms with E-state index in [2.05, 4.69) is 50.9 Å². The summed E-state index contributed by atoms with van der Waals surface area (Å²) in [6, 6.07) is 10.4. The van der Waals surface area contributed by atoms with Crippen molar-refractivity contribution in [2.24, 2.45) is 5.92 Å². The predicted octanol–water partition coefficient (Wildman–Crippen LogP) is 2.81. The van der Waals surface area contributed by atoms with Gasteiger partial charge in [0.05, 0.1) is 0 Å². The Kier molecular flexibility index (Phi) is 4.08. The molecule has 0 N–H and O–H groups in total. The van der Waals surface area contributed by atoms with Gasteiger partial charge < -0.3 is 9.47 Å². The summed E-state index contributed by atoms with van der Waals surface area (Å²) >= 11 is 0. The molecule has 2 fully saturated rings. The molecule has 1 aromatic carbocycles.